The molecule has 1 aliphatic rings. The maximum Gasteiger partial charge on any atom is 0.196 e. The molecule has 1 aromatic rings. The van der Waals surface area contributed by atoms with Crippen molar-refractivity contribution in [1.29, 1.82) is 0 Å². The van der Waals surface area contributed by atoms with E-state index < -0.39 is 0 Å². The highest BCUT2D eigenvalue weighted by Gasteiger charge is 2.13. The van der Waals surface area contributed by atoms with E-state index in [-0.39, 0.29) is 6.61 Å². The number of anilines is 1. The van der Waals surface area contributed by atoms with E-state index in [0.29, 0.717) is 34.8 Å². The summed E-state index contributed by atoms with van der Waals surface area (Å²) in [6, 6.07) is 3.75. The summed E-state index contributed by atoms with van der Waals surface area (Å²) in [6.07, 6.45) is 0. The fraction of sp³-hybridized carbons (Fsp3) is 0.462. The molecule has 0 unspecified atom stereocenters. The van der Waals surface area contributed by atoms with Gasteiger partial charge in [-0.1, -0.05) is 23.2 Å². The monoisotopic (exact) mass is 316 g/mol. The van der Waals surface area contributed by atoms with Gasteiger partial charge in [-0.3, -0.25) is 9.89 Å². The van der Waals surface area contributed by atoms with Crippen LogP contribution in [0.25, 0.3) is 0 Å². The summed E-state index contributed by atoms with van der Waals surface area (Å²) in [7, 11) is 1.93. The summed E-state index contributed by atoms with van der Waals surface area (Å²) >= 11 is 12.6. The number of nitrogens with zero attached hydrogens (tertiary/aromatic N) is 2. The van der Waals surface area contributed by atoms with Gasteiger partial charge in [0.15, 0.2) is 5.96 Å². The van der Waals surface area contributed by atoms with Crippen LogP contribution in [-0.4, -0.2) is 49.3 Å². The third kappa shape index (κ3) is 3.99. The fourth-order valence-corrected chi connectivity index (χ4v) is 2.62. The van der Waals surface area contributed by atoms with E-state index in [0.717, 1.165) is 18.7 Å². The number of rotatable bonds is 5. The number of guanidine groups is 1. The van der Waals surface area contributed by atoms with E-state index in [4.69, 9.17) is 28.3 Å². The number of nitrogens with one attached hydrogen (secondary N) is 2. The Bertz CT molecular complexity index is 484. The topological polar surface area (TPSA) is 59.9 Å². The molecule has 20 heavy (non-hydrogen) atoms. The third-order valence-corrected chi connectivity index (χ3v) is 3.55. The first-order valence-electron chi connectivity index (χ1n) is 6.43. The first-order valence-corrected chi connectivity index (χ1v) is 7.18. The van der Waals surface area contributed by atoms with Crippen molar-refractivity contribution in [2.75, 3.05) is 38.6 Å². The predicted octanol–water partition coefficient (Wildman–Crippen LogP) is 1.79. The molecule has 110 valence electrons. The highest BCUT2D eigenvalue weighted by molar-refractivity contribution is 6.39. The zero-order chi connectivity index (χ0) is 14.5. The molecule has 0 spiro atoms. The fourth-order valence-electron chi connectivity index (χ4n) is 2.00. The summed E-state index contributed by atoms with van der Waals surface area (Å²) in [5.41, 5.74) is 1.66. The highest BCUT2D eigenvalue weighted by Crippen LogP contribution is 2.32. The molecule has 0 saturated carbocycles. The Morgan fingerprint density at radius 2 is 2.10 bits per heavy atom. The summed E-state index contributed by atoms with van der Waals surface area (Å²) in [4.78, 5) is 6.25. The average Bonchev–Trinajstić information content (AvgIpc) is 2.87. The van der Waals surface area contributed by atoms with Crippen LogP contribution in [0.2, 0.25) is 10.0 Å². The Morgan fingerprint density at radius 1 is 1.40 bits per heavy atom. The van der Waals surface area contributed by atoms with Crippen LogP contribution >= 0.6 is 23.2 Å². The van der Waals surface area contributed by atoms with Crippen molar-refractivity contribution < 1.29 is 5.11 Å². The maximum atomic E-state index is 8.90. The molecule has 1 heterocycles. The number of likely N-dealkylation sites (N-methyl/N-ethyl adjacent to an activating group) is 1. The number of hydrogen-bond donors (Lipinski definition) is 3. The molecule has 0 aliphatic carbocycles. The van der Waals surface area contributed by atoms with E-state index in [2.05, 4.69) is 15.6 Å². The SMILES string of the molecule is CN(CCO)Cc1cc(Cl)c(NC2=NCCN2)c(Cl)c1. The minimum absolute atomic E-state index is 0.128. The third-order valence-electron chi connectivity index (χ3n) is 2.95. The van der Waals surface area contributed by atoms with Gasteiger partial charge in [-0.2, -0.15) is 0 Å². The van der Waals surface area contributed by atoms with Gasteiger partial charge in [0.25, 0.3) is 0 Å². The molecular weight excluding hydrogens is 299 g/mol. The van der Waals surface area contributed by atoms with Crippen molar-refractivity contribution in [3.8, 4) is 0 Å². The number of aliphatic imine (C=N–C) groups is 1. The van der Waals surface area contributed by atoms with E-state index in [1.54, 1.807) is 0 Å². The van der Waals surface area contributed by atoms with Gasteiger partial charge >= 0.3 is 0 Å². The van der Waals surface area contributed by atoms with Crippen molar-refractivity contribution in [3.63, 3.8) is 0 Å². The molecular formula is C13H18Cl2N4O. The Morgan fingerprint density at radius 3 is 2.65 bits per heavy atom. The molecule has 0 saturated heterocycles. The van der Waals surface area contributed by atoms with Crippen molar-refractivity contribution in [2.24, 2.45) is 4.99 Å². The zero-order valence-electron chi connectivity index (χ0n) is 11.3. The minimum Gasteiger partial charge on any atom is -0.395 e. The van der Waals surface area contributed by atoms with Gasteiger partial charge in [-0.15, -0.1) is 0 Å². The lowest BCUT2D eigenvalue weighted by Gasteiger charge is -2.17. The molecule has 0 amide bonds. The van der Waals surface area contributed by atoms with Crippen molar-refractivity contribution in [1.82, 2.24) is 10.2 Å². The normalized spacial score (nSPS) is 14.3. The number of halogens is 2. The number of aliphatic hydroxyl groups excluding tert-OH is 1. The molecule has 0 atom stereocenters. The van der Waals surface area contributed by atoms with Gasteiger partial charge in [-0.05, 0) is 24.7 Å². The lowest BCUT2D eigenvalue weighted by molar-refractivity contribution is 0.217. The van der Waals surface area contributed by atoms with Crippen LogP contribution in [0.15, 0.2) is 17.1 Å². The van der Waals surface area contributed by atoms with Gasteiger partial charge in [0.05, 0.1) is 28.9 Å². The van der Waals surface area contributed by atoms with Gasteiger partial charge in [0.1, 0.15) is 0 Å². The molecule has 0 fully saturated rings. The van der Waals surface area contributed by atoms with Crippen LogP contribution in [0.5, 0.6) is 0 Å². The molecule has 0 bridgehead atoms. The Kier molecular flexibility index (Phi) is 5.48. The smallest absolute Gasteiger partial charge is 0.196 e. The van der Waals surface area contributed by atoms with Gasteiger partial charge in [0, 0.05) is 19.6 Å². The van der Waals surface area contributed by atoms with Crippen LogP contribution in [0.4, 0.5) is 5.69 Å². The largest absolute Gasteiger partial charge is 0.395 e. The Balaban J connectivity index is 2.11. The van der Waals surface area contributed by atoms with Crippen LogP contribution < -0.4 is 10.6 Å². The van der Waals surface area contributed by atoms with Crippen LogP contribution in [-0.2, 0) is 6.54 Å². The maximum absolute atomic E-state index is 8.90. The molecule has 3 N–H and O–H groups in total. The Hall–Kier alpha value is -1.01. The second kappa shape index (κ2) is 7.13. The summed E-state index contributed by atoms with van der Waals surface area (Å²) in [5, 5.41) is 16.2. The van der Waals surface area contributed by atoms with E-state index in [9.17, 15) is 0 Å². The Labute approximate surface area is 128 Å². The highest BCUT2D eigenvalue weighted by atomic mass is 35.5. The molecule has 5 nitrogen and oxygen atoms in total. The summed E-state index contributed by atoms with van der Waals surface area (Å²) in [5.74, 6) is 0.693. The van der Waals surface area contributed by atoms with Gasteiger partial charge in [0.2, 0.25) is 0 Å². The average molecular weight is 317 g/mol. The number of aliphatic hydroxyl groups is 1. The molecule has 0 aromatic heterocycles. The minimum atomic E-state index is 0.128. The lowest BCUT2D eigenvalue weighted by atomic mass is 10.2. The number of hydrogen-bond acceptors (Lipinski definition) is 5. The quantitative estimate of drug-likeness (QED) is 0.775. The zero-order valence-corrected chi connectivity index (χ0v) is 12.8. The molecule has 2 rings (SSSR count). The number of benzene rings is 1. The molecule has 1 aliphatic heterocycles. The summed E-state index contributed by atoms with van der Waals surface area (Å²) < 4.78 is 0. The van der Waals surface area contributed by atoms with Crippen LogP contribution in [0.3, 0.4) is 0 Å². The predicted molar refractivity (Wildman–Crippen MR) is 83.8 cm³/mol. The molecule has 7 heteroatoms. The van der Waals surface area contributed by atoms with E-state index in [1.165, 1.54) is 0 Å². The first-order chi connectivity index (χ1) is 9.60. The van der Waals surface area contributed by atoms with Gasteiger partial charge < -0.3 is 15.7 Å². The van der Waals surface area contributed by atoms with Crippen LogP contribution in [0, 0.1) is 0 Å². The van der Waals surface area contributed by atoms with E-state index >= 15 is 0 Å². The van der Waals surface area contributed by atoms with E-state index in [1.807, 2.05) is 24.1 Å². The van der Waals surface area contributed by atoms with Crippen molar-refractivity contribution in [2.45, 2.75) is 6.54 Å². The van der Waals surface area contributed by atoms with Gasteiger partial charge in [-0.25, -0.2) is 0 Å². The summed E-state index contributed by atoms with van der Waals surface area (Å²) in [6.45, 7) is 2.99. The van der Waals surface area contributed by atoms with Crippen molar-refractivity contribution in [3.05, 3.63) is 27.7 Å². The van der Waals surface area contributed by atoms with Crippen molar-refractivity contribution >= 4 is 34.8 Å². The second-order valence-corrected chi connectivity index (χ2v) is 5.49. The standard InChI is InChI=1S/C13H18Cl2N4O/c1-19(4-5-20)8-9-6-10(14)12(11(15)7-9)18-13-16-2-3-17-13/h6-7,20H,2-5,8H2,1H3,(H2,16,17,18). The molecule has 0 radical (unpaired) electrons. The lowest BCUT2D eigenvalue weighted by Crippen LogP contribution is -2.26. The molecule has 1 aromatic carbocycles. The second-order valence-electron chi connectivity index (χ2n) is 4.68. The van der Waals surface area contributed by atoms with Crippen LogP contribution in [0.1, 0.15) is 5.56 Å². The first kappa shape index (κ1) is 15.4.